The lowest BCUT2D eigenvalue weighted by atomic mass is 10.3. The fourth-order valence-electron chi connectivity index (χ4n) is 2.13. The number of carbonyl (C=O) groups is 2. The fraction of sp³-hybridized carbons (Fsp3) is 0.357. The van der Waals surface area contributed by atoms with E-state index in [1.807, 2.05) is 0 Å². The van der Waals surface area contributed by atoms with Gasteiger partial charge in [0.1, 0.15) is 6.54 Å². The number of alkyl halides is 3. The first-order valence-corrected chi connectivity index (χ1v) is 6.78. The number of aliphatic carboxylic acids is 1. The molecule has 2 rings (SSSR count). The number of carbonyl (C=O) groups excluding carboxylic acids is 1. The first kappa shape index (κ1) is 17.7. The van der Waals surface area contributed by atoms with Gasteiger partial charge in [0.25, 0.3) is 0 Å². The van der Waals surface area contributed by atoms with E-state index < -0.39 is 36.5 Å². The summed E-state index contributed by atoms with van der Waals surface area (Å²) in [7, 11) is 1.15. The van der Waals surface area contributed by atoms with Crippen molar-refractivity contribution in [1.82, 2.24) is 14.9 Å². The molecule has 1 atom stereocenters. The molecule has 0 aliphatic rings. The molecular formula is C14H14F3N3O4. The van der Waals surface area contributed by atoms with Gasteiger partial charge in [0.05, 0.1) is 17.6 Å². The summed E-state index contributed by atoms with van der Waals surface area (Å²) in [4.78, 5) is 26.2. The van der Waals surface area contributed by atoms with Crippen LogP contribution in [-0.2, 0) is 27.0 Å². The Morgan fingerprint density at radius 1 is 1.38 bits per heavy atom. The van der Waals surface area contributed by atoms with E-state index in [0.717, 1.165) is 11.7 Å². The van der Waals surface area contributed by atoms with Gasteiger partial charge < -0.3 is 19.7 Å². The number of fused-ring (bicyclic) bond motifs is 1. The van der Waals surface area contributed by atoms with Crippen LogP contribution in [-0.4, -0.2) is 46.3 Å². The Kier molecular flexibility index (Phi) is 5.07. The molecule has 1 unspecified atom stereocenters. The lowest BCUT2D eigenvalue weighted by Gasteiger charge is -2.14. The van der Waals surface area contributed by atoms with Crippen LogP contribution in [0.3, 0.4) is 0 Å². The third kappa shape index (κ3) is 3.82. The third-order valence-corrected chi connectivity index (χ3v) is 3.25. The number of imidazole rings is 1. The molecule has 2 N–H and O–H groups in total. The van der Waals surface area contributed by atoms with Crippen LogP contribution in [0.25, 0.3) is 11.0 Å². The minimum absolute atomic E-state index is 0.109. The Labute approximate surface area is 134 Å². The van der Waals surface area contributed by atoms with Crippen molar-refractivity contribution >= 4 is 22.9 Å². The summed E-state index contributed by atoms with van der Waals surface area (Å²) in [5.74, 6) is -3.27. The van der Waals surface area contributed by atoms with Gasteiger partial charge in [0.15, 0.2) is 6.10 Å². The van der Waals surface area contributed by atoms with Gasteiger partial charge in [-0.1, -0.05) is 12.1 Å². The number of methoxy groups -OCH3 is 1. The molecule has 0 saturated heterocycles. The molecule has 1 aromatic carbocycles. The summed E-state index contributed by atoms with van der Waals surface area (Å²) in [6, 6.07) is 5.89. The molecule has 0 aliphatic heterocycles. The molecule has 0 saturated carbocycles. The summed E-state index contributed by atoms with van der Waals surface area (Å²) in [5.41, 5.74) is 0.263. The summed E-state index contributed by atoms with van der Waals surface area (Å²) in [6.07, 6.45) is -6.01. The first-order chi connectivity index (χ1) is 11.2. The third-order valence-electron chi connectivity index (χ3n) is 3.25. The van der Waals surface area contributed by atoms with Crippen molar-refractivity contribution in [2.45, 2.75) is 18.8 Å². The maximum atomic E-state index is 13.1. The molecule has 2 aromatic rings. The second-order valence-electron chi connectivity index (χ2n) is 4.87. The highest BCUT2D eigenvalue weighted by Gasteiger charge is 2.38. The summed E-state index contributed by atoms with van der Waals surface area (Å²) in [5, 5.41) is 11.0. The van der Waals surface area contributed by atoms with E-state index in [0.29, 0.717) is 0 Å². The largest absolute Gasteiger partial charge is 0.479 e. The summed E-state index contributed by atoms with van der Waals surface area (Å²) in [6.45, 7) is -1.01. The van der Waals surface area contributed by atoms with Crippen LogP contribution in [0.1, 0.15) is 5.82 Å². The van der Waals surface area contributed by atoms with Gasteiger partial charge in [0, 0.05) is 7.11 Å². The van der Waals surface area contributed by atoms with E-state index in [1.165, 1.54) is 24.3 Å². The predicted molar refractivity (Wildman–Crippen MR) is 76.2 cm³/mol. The summed E-state index contributed by atoms with van der Waals surface area (Å²) >= 11 is 0. The highest BCUT2D eigenvalue weighted by molar-refractivity contribution is 5.82. The second kappa shape index (κ2) is 6.87. The van der Waals surface area contributed by atoms with Gasteiger partial charge in [-0.05, 0) is 12.1 Å². The number of aromatic nitrogens is 2. The van der Waals surface area contributed by atoms with Crippen molar-refractivity contribution in [3.8, 4) is 0 Å². The number of amides is 1. The lowest BCUT2D eigenvalue weighted by molar-refractivity contribution is -0.148. The lowest BCUT2D eigenvalue weighted by Crippen LogP contribution is -2.39. The Balaban J connectivity index is 2.22. The molecule has 0 radical (unpaired) electrons. The van der Waals surface area contributed by atoms with Crippen molar-refractivity contribution in [1.29, 1.82) is 0 Å². The Morgan fingerprint density at radius 2 is 2.04 bits per heavy atom. The smallest absolute Gasteiger partial charge is 0.449 e. The molecule has 1 aromatic heterocycles. The van der Waals surface area contributed by atoms with Gasteiger partial charge in [-0.15, -0.1) is 0 Å². The molecule has 0 aliphatic carbocycles. The molecule has 7 nitrogen and oxygen atoms in total. The molecule has 130 valence electrons. The van der Waals surface area contributed by atoms with Crippen LogP contribution in [0.2, 0.25) is 0 Å². The monoisotopic (exact) mass is 345 g/mol. The van der Waals surface area contributed by atoms with Crippen LogP contribution in [0.15, 0.2) is 24.3 Å². The van der Waals surface area contributed by atoms with Crippen molar-refractivity contribution in [3.05, 3.63) is 30.1 Å². The van der Waals surface area contributed by atoms with E-state index in [9.17, 15) is 22.8 Å². The van der Waals surface area contributed by atoms with Crippen LogP contribution in [0.4, 0.5) is 13.2 Å². The van der Waals surface area contributed by atoms with Gasteiger partial charge in [-0.3, -0.25) is 4.79 Å². The van der Waals surface area contributed by atoms with Crippen LogP contribution < -0.4 is 5.32 Å². The molecule has 0 bridgehead atoms. The number of nitrogens with one attached hydrogen (secondary N) is 1. The minimum Gasteiger partial charge on any atom is -0.479 e. The van der Waals surface area contributed by atoms with E-state index in [-0.39, 0.29) is 17.6 Å². The number of para-hydroxylation sites is 2. The molecule has 24 heavy (non-hydrogen) atoms. The highest BCUT2D eigenvalue weighted by atomic mass is 19.4. The molecule has 0 fully saturated rings. The average Bonchev–Trinajstić information content (AvgIpc) is 2.86. The standard InChI is InChI=1S/C14H14F3N3O4/c1-24-10(12(22)23)6-18-11(21)7-20-9-5-3-2-4-8(9)19-13(20)14(15,16)17/h2-5,10H,6-7H2,1H3,(H,18,21)(H,22,23). The quantitative estimate of drug-likeness (QED) is 0.822. The van der Waals surface area contributed by atoms with Crippen molar-refractivity contribution in [2.75, 3.05) is 13.7 Å². The van der Waals surface area contributed by atoms with Crippen molar-refractivity contribution < 1.29 is 32.6 Å². The number of benzene rings is 1. The van der Waals surface area contributed by atoms with Crippen molar-refractivity contribution in [3.63, 3.8) is 0 Å². The SMILES string of the molecule is COC(CNC(=O)Cn1c(C(F)(F)F)nc2ccccc21)C(=O)O. The Morgan fingerprint density at radius 3 is 2.62 bits per heavy atom. The number of hydrogen-bond acceptors (Lipinski definition) is 4. The van der Waals surface area contributed by atoms with Gasteiger partial charge in [0.2, 0.25) is 11.7 Å². The topological polar surface area (TPSA) is 93.5 Å². The van der Waals surface area contributed by atoms with E-state index >= 15 is 0 Å². The minimum atomic E-state index is -4.73. The number of nitrogens with zero attached hydrogens (tertiary/aromatic N) is 2. The maximum Gasteiger partial charge on any atom is 0.449 e. The fourth-order valence-corrected chi connectivity index (χ4v) is 2.13. The van der Waals surface area contributed by atoms with Crippen LogP contribution >= 0.6 is 0 Å². The molecular weight excluding hydrogens is 331 g/mol. The number of carboxylic acid groups (broad SMARTS) is 1. The maximum absolute atomic E-state index is 13.1. The molecule has 1 amide bonds. The second-order valence-corrected chi connectivity index (χ2v) is 4.87. The Hall–Kier alpha value is -2.62. The highest BCUT2D eigenvalue weighted by Crippen LogP contribution is 2.31. The zero-order valence-electron chi connectivity index (χ0n) is 12.5. The Bertz CT molecular complexity index is 757. The zero-order chi connectivity index (χ0) is 17.9. The van der Waals surface area contributed by atoms with E-state index in [1.54, 1.807) is 0 Å². The number of ether oxygens (including phenoxy) is 1. The van der Waals surface area contributed by atoms with Crippen LogP contribution in [0.5, 0.6) is 0 Å². The molecule has 1 heterocycles. The normalized spacial score (nSPS) is 13.0. The van der Waals surface area contributed by atoms with Crippen LogP contribution in [0, 0.1) is 0 Å². The molecule has 10 heteroatoms. The number of halogens is 3. The zero-order valence-corrected chi connectivity index (χ0v) is 12.5. The predicted octanol–water partition coefficient (Wildman–Crippen LogP) is 1.27. The van der Waals surface area contributed by atoms with E-state index in [4.69, 9.17) is 5.11 Å². The van der Waals surface area contributed by atoms with Gasteiger partial charge in [-0.2, -0.15) is 13.2 Å². The average molecular weight is 345 g/mol. The number of hydrogen-bond donors (Lipinski definition) is 2. The van der Waals surface area contributed by atoms with Crippen molar-refractivity contribution in [2.24, 2.45) is 0 Å². The number of rotatable bonds is 6. The first-order valence-electron chi connectivity index (χ1n) is 6.78. The van der Waals surface area contributed by atoms with Gasteiger partial charge >= 0.3 is 12.1 Å². The molecule has 0 spiro atoms. The van der Waals surface area contributed by atoms with E-state index in [2.05, 4.69) is 15.0 Å². The summed E-state index contributed by atoms with van der Waals surface area (Å²) < 4.78 is 44.7. The number of carboxylic acids is 1. The van der Waals surface area contributed by atoms with Gasteiger partial charge in [-0.25, -0.2) is 9.78 Å².